The Hall–Kier alpha value is -1.86. The number of hydrogen-bond donors (Lipinski definition) is 2. The number of nitrogens with zero attached hydrogens (tertiary/aromatic N) is 2. The highest BCUT2D eigenvalue weighted by Gasteiger charge is 2.31. The minimum Gasteiger partial charge on any atom is -0.477 e. The molecule has 0 unspecified atom stereocenters. The van der Waals surface area contributed by atoms with E-state index >= 15 is 0 Å². The zero-order valence-corrected chi connectivity index (χ0v) is 13.9. The van der Waals surface area contributed by atoms with Crippen molar-refractivity contribution in [3.8, 4) is 5.75 Å². The molecule has 0 fully saturated rings. The van der Waals surface area contributed by atoms with Crippen LogP contribution >= 0.6 is 12.2 Å². The summed E-state index contributed by atoms with van der Waals surface area (Å²) in [5, 5.41) is 6.46. The molecule has 22 heavy (non-hydrogen) atoms. The van der Waals surface area contributed by atoms with Gasteiger partial charge in [0.05, 0.1) is 12.2 Å². The number of carbonyl (C=O) groups excluding carboxylic acids is 1. The highest BCUT2D eigenvalue weighted by molar-refractivity contribution is 7.80. The number of fused-ring (bicyclic) bond motifs is 1. The van der Waals surface area contributed by atoms with E-state index in [4.69, 9.17) is 17.0 Å². The molecule has 1 aromatic carbocycles. The Labute approximate surface area is 136 Å². The van der Waals surface area contributed by atoms with Gasteiger partial charge < -0.3 is 25.2 Å². The van der Waals surface area contributed by atoms with Gasteiger partial charge in [-0.05, 0) is 38.4 Å². The normalized spacial score (nSPS) is 16.7. The minimum atomic E-state index is -0.575. The molecule has 0 radical (unpaired) electrons. The lowest BCUT2D eigenvalue weighted by Crippen LogP contribution is -2.53. The molecule has 120 valence electrons. The fourth-order valence-corrected chi connectivity index (χ4v) is 2.48. The Balaban J connectivity index is 2.14. The maximum atomic E-state index is 11.9. The zero-order chi connectivity index (χ0) is 16.1. The Morgan fingerprint density at radius 2 is 2.18 bits per heavy atom. The van der Waals surface area contributed by atoms with E-state index < -0.39 is 6.10 Å². The van der Waals surface area contributed by atoms with Crippen molar-refractivity contribution < 1.29 is 9.53 Å². The van der Waals surface area contributed by atoms with Crippen molar-refractivity contribution in [2.75, 3.05) is 45.7 Å². The second kappa shape index (κ2) is 7.42. The standard InChI is InChI=1S/C15H22N4O2S/c1-16-14(20)13-10-19(15(22)17-8-9-18(2)3)11-6-4-5-7-12(11)21-13/h4-7,13H,8-10H2,1-3H3,(H,16,20)(H,17,22)/t13-/m0/s1. The highest BCUT2D eigenvalue weighted by Crippen LogP contribution is 2.33. The van der Waals surface area contributed by atoms with Crippen LogP contribution in [0.4, 0.5) is 5.69 Å². The first-order valence-electron chi connectivity index (χ1n) is 7.20. The van der Waals surface area contributed by atoms with Crippen molar-refractivity contribution in [3.63, 3.8) is 0 Å². The number of ether oxygens (including phenoxy) is 1. The Morgan fingerprint density at radius 1 is 1.45 bits per heavy atom. The van der Waals surface area contributed by atoms with Crippen LogP contribution in [-0.2, 0) is 4.79 Å². The number of benzene rings is 1. The molecule has 0 aromatic heterocycles. The summed E-state index contributed by atoms with van der Waals surface area (Å²) in [5.74, 6) is 0.509. The molecule has 0 saturated heterocycles. The summed E-state index contributed by atoms with van der Waals surface area (Å²) >= 11 is 5.49. The second-order valence-corrected chi connectivity index (χ2v) is 5.72. The third-order valence-electron chi connectivity index (χ3n) is 3.39. The summed E-state index contributed by atoms with van der Waals surface area (Å²) in [6.45, 7) is 2.02. The number of hydrogen-bond acceptors (Lipinski definition) is 4. The van der Waals surface area contributed by atoms with Crippen LogP contribution in [0, 0.1) is 0 Å². The molecule has 6 nitrogen and oxygen atoms in total. The molecule has 1 aliphatic heterocycles. The average Bonchev–Trinajstić information content (AvgIpc) is 2.52. The van der Waals surface area contributed by atoms with E-state index in [0.29, 0.717) is 17.4 Å². The van der Waals surface area contributed by atoms with E-state index in [2.05, 4.69) is 15.5 Å². The monoisotopic (exact) mass is 322 g/mol. The minimum absolute atomic E-state index is 0.157. The number of amides is 1. The molecule has 1 aromatic rings. The van der Waals surface area contributed by atoms with Gasteiger partial charge in [0.2, 0.25) is 0 Å². The number of thiocarbonyl (C=S) groups is 1. The molecular formula is C15H22N4O2S. The van der Waals surface area contributed by atoms with Gasteiger partial charge in [0, 0.05) is 20.1 Å². The predicted molar refractivity (Wildman–Crippen MR) is 91.4 cm³/mol. The summed E-state index contributed by atoms with van der Waals surface area (Å²) in [4.78, 5) is 15.9. The van der Waals surface area contributed by atoms with E-state index in [1.165, 1.54) is 0 Å². The topological polar surface area (TPSA) is 56.8 Å². The first kappa shape index (κ1) is 16.5. The van der Waals surface area contributed by atoms with Gasteiger partial charge in [0.25, 0.3) is 5.91 Å². The van der Waals surface area contributed by atoms with Crippen LogP contribution in [0.25, 0.3) is 0 Å². The molecule has 7 heteroatoms. The SMILES string of the molecule is CNC(=O)[C@@H]1CN(C(=S)NCCN(C)C)c2ccccc2O1. The lowest BCUT2D eigenvalue weighted by atomic mass is 10.2. The first-order valence-corrected chi connectivity index (χ1v) is 7.61. The van der Waals surface area contributed by atoms with Crippen molar-refractivity contribution in [2.45, 2.75) is 6.10 Å². The van der Waals surface area contributed by atoms with Crippen molar-refractivity contribution in [3.05, 3.63) is 24.3 Å². The molecule has 0 aliphatic carbocycles. The fraction of sp³-hybridized carbons (Fsp3) is 0.467. The molecule has 0 spiro atoms. The van der Waals surface area contributed by atoms with Crippen LogP contribution in [-0.4, -0.2) is 62.8 Å². The first-order chi connectivity index (χ1) is 10.5. The third kappa shape index (κ3) is 3.86. The summed E-state index contributed by atoms with van der Waals surface area (Å²) in [6.07, 6.45) is -0.575. The van der Waals surface area contributed by atoms with E-state index in [1.807, 2.05) is 43.3 Å². The van der Waals surface area contributed by atoms with Crippen molar-refractivity contribution in [1.29, 1.82) is 0 Å². The van der Waals surface area contributed by atoms with Crippen LogP contribution in [0.2, 0.25) is 0 Å². The van der Waals surface area contributed by atoms with Crippen LogP contribution < -0.4 is 20.3 Å². The molecule has 0 bridgehead atoms. The third-order valence-corrected chi connectivity index (χ3v) is 3.76. The van der Waals surface area contributed by atoms with Gasteiger partial charge in [-0.25, -0.2) is 0 Å². The average molecular weight is 322 g/mol. The lowest BCUT2D eigenvalue weighted by Gasteiger charge is -2.35. The van der Waals surface area contributed by atoms with E-state index in [9.17, 15) is 4.79 Å². The second-order valence-electron chi connectivity index (χ2n) is 5.33. The van der Waals surface area contributed by atoms with Gasteiger partial charge in [0.15, 0.2) is 11.2 Å². The van der Waals surface area contributed by atoms with Gasteiger partial charge >= 0.3 is 0 Å². The number of para-hydroxylation sites is 2. The number of carbonyl (C=O) groups is 1. The summed E-state index contributed by atoms with van der Waals surface area (Å²) in [6, 6.07) is 7.60. The van der Waals surface area contributed by atoms with Gasteiger partial charge in [-0.15, -0.1) is 0 Å². The molecule has 1 amide bonds. The van der Waals surface area contributed by atoms with Crippen molar-refractivity contribution in [1.82, 2.24) is 15.5 Å². The van der Waals surface area contributed by atoms with Crippen LogP contribution in [0.3, 0.4) is 0 Å². The molecule has 2 rings (SSSR count). The molecule has 1 heterocycles. The number of nitrogens with one attached hydrogen (secondary N) is 2. The fourth-order valence-electron chi connectivity index (χ4n) is 2.21. The van der Waals surface area contributed by atoms with Crippen LogP contribution in [0.1, 0.15) is 0 Å². The van der Waals surface area contributed by atoms with Crippen molar-refractivity contribution in [2.24, 2.45) is 0 Å². The Bertz CT molecular complexity index is 550. The highest BCUT2D eigenvalue weighted by atomic mass is 32.1. The summed E-state index contributed by atoms with van der Waals surface area (Å²) in [7, 11) is 5.62. The maximum absolute atomic E-state index is 11.9. The Morgan fingerprint density at radius 3 is 2.86 bits per heavy atom. The largest absolute Gasteiger partial charge is 0.477 e. The summed E-state index contributed by atoms with van der Waals surface area (Å²) in [5.41, 5.74) is 0.880. The number of anilines is 1. The van der Waals surface area contributed by atoms with Gasteiger partial charge in [-0.3, -0.25) is 4.79 Å². The van der Waals surface area contributed by atoms with Crippen LogP contribution in [0.5, 0.6) is 5.75 Å². The molecule has 1 atom stereocenters. The lowest BCUT2D eigenvalue weighted by molar-refractivity contribution is -0.127. The molecular weight excluding hydrogens is 300 g/mol. The predicted octanol–water partition coefficient (Wildman–Crippen LogP) is 0.436. The van der Waals surface area contributed by atoms with Gasteiger partial charge in [0.1, 0.15) is 5.75 Å². The van der Waals surface area contributed by atoms with E-state index in [-0.39, 0.29) is 5.91 Å². The summed E-state index contributed by atoms with van der Waals surface area (Å²) < 4.78 is 5.76. The van der Waals surface area contributed by atoms with E-state index in [1.54, 1.807) is 7.05 Å². The molecule has 0 saturated carbocycles. The van der Waals surface area contributed by atoms with Gasteiger partial charge in [-0.2, -0.15) is 0 Å². The maximum Gasteiger partial charge on any atom is 0.262 e. The zero-order valence-electron chi connectivity index (χ0n) is 13.1. The molecule has 2 N–H and O–H groups in total. The number of likely N-dealkylation sites (N-methyl/N-ethyl adjacent to an activating group) is 2. The smallest absolute Gasteiger partial charge is 0.262 e. The van der Waals surface area contributed by atoms with Crippen LogP contribution in [0.15, 0.2) is 24.3 Å². The quantitative estimate of drug-likeness (QED) is 0.785. The van der Waals surface area contributed by atoms with Crippen molar-refractivity contribution >= 4 is 28.9 Å². The van der Waals surface area contributed by atoms with E-state index in [0.717, 1.165) is 18.8 Å². The van der Waals surface area contributed by atoms with Gasteiger partial charge in [-0.1, -0.05) is 12.1 Å². The molecule has 1 aliphatic rings. The number of rotatable bonds is 4. The Kier molecular flexibility index (Phi) is 5.57.